The van der Waals surface area contributed by atoms with E-state index in [-0.39, 0.29) is 25.9 Å². The van der Waals surface area contributed by atoms with E-state index >= 15 is 0 Å². The number of β-amino-alcohol motifs (C(OH)–C–C–N with tert-alkyl or cyclic N) is 1. The number of nitrogens with zero attached hydrogens (tertiary/aromatic N) is 1. The SMILES string of the molecule is OC1CN(CCCCC(F)(F)F)C2(CC2)C(C(F)F)C1O. The third-order valence-electron chi connectivity index (χ3n) is 4.59. The second-order valence-electron chi connectivity index (χ2n) is 6.04. The fourth-order valence-corrected chi connectivity index (χ4v) is 3.39. The van der Waals surface area contributed by atoms with Gasteiger partial charge in [-0.1, -0.05) is 0 Å². The summed E-state index contributed by atoms with van der Waals surface area (Å²) in [6.45, 7) is 0.277. The van der Waals surface area contributed by atoms with Gasteiger partial charge in [0.2, 0.25) is 6.43 Å². The van der Waals surface area contributed by atoms with Gasteiger partial charge in [-0.3, -0.25) is 4.90 Å². The van der Waals surface area contributed by atoms with Gasteiger partial charge in [-0.05, 0) is 32.2 Å². The van der Waals surface area contributed by atoms with Crippen LogP contribution in [0.15, 0.2) is 0 Å². The summed E-state index contributed by atoms with van der Waals surface area (Å²) in [7, 11) is 0. The Labute approximate surface area is 119 Å². The van der Waals surface area contributed by atoms with Crippen LogP contribution in [-0.4, -0.2) is 58.6 Å². The molecule has 0 aromatic heterocycles. The van der Waals surface area contributed by atoms with Crippen molar-refractivity contribution >= 4 is 0 Å². The normalized spacial score (nSPS) is 32.9. The first-order chi connectivity index (χ1) is 9.67. The fraction of sp³-hybridized carbons (Fsp3) is 1.00. The number of halogens is 5. The molecule has 0 bridgehead atoms. The number of piperidine rings is 1. The minimum atomic E-state index is -4.21. The quantitative estimate of drug-likeness (QED) is 0.603. The van der Waals surface area contributed by atoms with E-state index in [1.165, 1.54) is 0 Å². The van der Waals surface area contributed by atoms with Crippen molar-refractivity contribution in [1.82, 2.24) is 4.90 Å². The van der Waals surface area contributed by atoms with Crippen LogP contribution < -0.4 is 0 Å². The maximum atomic E-state index is 13.2. The van der Waals surface area contributed by atoms with Gasteiger partial charge in [0.1, 0.15) is 0 Å². The molecule has 2 N–H and O–H groups in total. The highest BCUT2D eigenvalue weighted by atomic mass is 19.4. The van der Waals surface area contributed by atoms with Crippen LogP contribution >= 0.6 is 0 Å². The van der Waals surface area contributed by atoms with Crippen LogP contribution in [0.25, 0.3) is 0 Å². The molecule has 3 unspecified atom stereocenters. The minimum Gasteiger partial charge on any atom is -0.390 e. The van der Waals surface area contributed by atoms with E-state index in [0.29, 0.717) is 12.8 Å². The summed E-state index contributed by atoms with van der Waals surface area (Å²) >= 11 is 0. The molecule has 1 aliphatic heterocycles. The molecule has 1 saturated carbocycles. The average Bonchev–Trinajstić information content (AvgIpc) is 3.11. The molecule has 0 aromatic rings. The molecule has 1 aliphatic carbocycles. The number of aliphatic hydroxyl groups excluding tert-OH is 2. The first-order valence-corrected chi connectivity index (χ1v) is 7.13. The number of unbranched alkanes of at least 4 members (excludes halogenated alkanes) is 1. The van der Waals surface area contributed by atoms with Crippen molar-refractivity contribution in [2.45, 2.75) is 62.5 Å². The maximum Gasteiger partial charge on any atom is 0.389 e. The van der Waals surface area contributed by atoms with Gasteiger partial charge in [0.15, 0.2) is 0 Å². The van der Waals surface area contributed by atoms with Gasteiger partial charge in [-0.25, -0.2) is 8.78 Å². The molecule has 21 heavy (non-hydrogen) atoms. The molecule has 1 spiro atoms. The van der Waals surface area contributed by atoms with Gasteiger partial charge in [0, 0.05) is 18.5 Å². The third kappa shape index (κ3) is 3.65. The van der Waals surface area contributed by atoms with E-state index in [1.54, 1.807) is 4.90 Å². The zero-order valence-corrected chi connectivity index (χ0v) is 11.5. The third-order valence-corrected chi connectivity index (χ3v) is 4.59. The van der Waals surface area contributed by atoms with Gasteiger partial charge in [-0.2, -0.15) is 13.2 Å². The van der Waals surface area contributed by atoms with E-state index in [9.17, 15) is 32.2 Å². The standard InChI is InChI=1S/C13H20F5NO2/c14-11(15)9-10(21)8(20)7-19(12(9)4-5-12)6-2-1-3-13(16,17)18/h8-11,20-21H,1-7H2. The zero-order valence-electron chi connectivity index (χ0n) is 11.5. The molecular weight excluding hydrogens is 297 g/mol. The predicted octanol–water partition coefficient (Wildman–Crippen LogP) is 2.17. The Bertz CT molecular complexity index is 359. The Hall–Kier alpha value is -0.470. The molecule has 1 saturated heterocycles. The number of rotatable bonds is 5. The lowest BCUT2D eigenvalue weighted by molar-refractivity contribution is -0.153. The molecule has 2 rings (SSSR count). The summed E-state index contributed by atoms with van der Waals surface area (Å²) in [6, 6.07) is 0. The number of hydrogen-bond donors (Lipinski definition) is 2. The first kappa shape index (κ1) is 16.9. The van der Waals surface area contributed by atoms with E-state index in [4.69, 9.17) is 0 Å². The van der Waals surface area contributed by atoms with Gasteiger partial charge >= 0.3 is 6.18 Å². The van der Waals surface area contributed by atoms with Crippen LogP contribution in [0.4, 0.5) is 22.0 Å². The van der Waals surface area contributed by atoms with Crippen molar-refractivity contribution in [2.24, 2.45) is 5.92 Å². The Morgan fingerprint density at radius 2 is 1.76 bits per heavy atom. The highest BCUT2D eigenvalue weighted by Crippen LogP contribution is 2.54. The molecule has 0 amide bonds. The highest BCUT2D eigenvalue weighted by Gasteiger charge is 2.62. The molecular formula is C13H20F5NO2. The van der Waals surface area contributed by atoms with E-state index in [0.717, 1.165) is 0 Å². The van der Waals surface area contributed by atoms with Crippen LogP contribution in [0.5, 0.6) is 0 Å². The predicted molar refractivity (Wildman–Crippen MR) is 65.0 cm³/mol. The number of alkyl halides is 5. The summed E-state index contributed by atoms with van der Waals surface area (Å²) in [5, 5.41) is 19.5. The molecule has 124 valence electrons. The first-order valence-electron chi connectivity index (χ1n) is 7.13. The van der Waals surface area contributed by atoms with Crippen molar-refractivity contribution in [3.8, 4) is 0 Å². The van der Waals surface area contributed by atoms with Crippen molar-refractivity contribution in [3.05, 3.63) is 0 Å². The summed E-state index contributed by atoms with van der Waals surface area (Å²) in [5.41, 5.74) is -0.842. The van der Waals surface area contributed by atoms with Gasteiger partial charge < -0.3 is 10.2 Å². The van der Waals surface area contributed by atoms with Crippen molar-refractivity contribution in [1.29, 1.82) is 0 Å². The molecule has 3 nitrogen and oxygen atoms in total. The van der Waals surface area contributed by atoms with E-state index in [1.807, 2.05) is 0 Å². The highest BCUT2D eigenvalue weighted by molar-refractivity contribution is 5.15. The van der Waals surface area contributed by atoms with Crippen LogP contribution in [0.2, 0.25) is 0 Å². The molecule has 8 heteroatoms. The summed E-state index contributed by atoms with van der Waals surface area (Å²) in [5.74, 6) is -1.33. The smallest absolute Gasteiger partial charge is 0.389 e. The monoisotopic (exact) mass is 317 g/mol. The van der Waals surface area contributed by atoms with Crippen LogP contribution in [0, 0.1) is 5.92 Å². The lowest BCUT2D eigenvalue weighted by atomic mass is 9.82. The second-order valence-corrected chi connectivity index (χ2v) is 6.04. The molecule has 2 aliphatic rings. The van der Waals surface area contributed by atoms with Crippen molar-refractivity contribution < 1.29 is 32.2 Å². The van der Waals surface area contributed by atoms with Crippen LogP contribution in [0.1, 0.15) is 32.1 Å². The lowest BCUT2D eigenvalue weighted by Crippen LogP contribution is -2.62. The molecule has 2 fully saturated rings. The summed E-state index contributed by atoms with van der Waals surface area (Å²) < 4.78 is 62.5. The van der Waals surface area contributed by atoms with Crippen LogP contribution in [0.3, 0.4) is 0 Å². The number of hydrogen-bond acceptors (Lipinski definition) is 3. The topological polar surface area (TPSA) is 43.7 Å². The van der Waals surface area contributed by atoms with Gasteiger partial charge in [0.05, 0.1) is 18.1 Å². The van der Waals surface area contributed by atoms with Crippen LogP contribution in [-0.2, 0) is 0 Å². The lowest BCUT2D eigenvalue weighted by Gasteiger charge is -2.46. The molecule has 0 radical (unpaired) electrons. The molecule has 3 atom stereocenters. The fourth-order valence-electron chi connectivity index (χ4n) is 3.39. The number of likely N-dealkylation sites (tertiary alicyclic amines) is 1. The average molecular weight is 317 g/mol. The maximum absolute atomic E-state index is 13.2. The Morgan fingerprint density at radius 1 is 1.14 bits per heavy atom. The number of aliphatic hydroxyl groups is 2. The second kappa shape index (κ2) is 5.96. The van der Waals surface area contributed by atoms with E-state index in [2.05, 4.69) is 0 Å². The van der Waals surface area contributed by atoms with Gasteiger partial charge in [0.25, 0.3) is 0 Å². The molecule has 0 aromatic carbocycles. The zero-order chi connectivity index (χ0) is 15.8. The molecule has 1 heterocycles. The van der Waals surface area contributed by atoms with Crippen molar-refractivity contribution in [3.63, 3.8) is 0 Å². The Balaban J connectivity index is 1.93. The van der Waals surface area contributed by atoms with Gasteiger partial charge in [-0.15, -0.1) is 0 Å². The minimum absolute atomic E-state index is 0.0381. The largest absolute Gasteiger partial charge is 0.390 e. The van der Waals surface area contributed by atoms with Crippen molar-refractivity contribution in [2.75, 3.05) is 13.1 Å². The Kier molecular flexibility index (Phi) is 4.80. The Morgan fingerprint density at radius 3 is 2.24 bits per heavy atom. The van der Waals surface area contributed by atoms with E-state index < -0.39 is 42.7 Å². The summed E-state index contributed by atoms with van der Waals surface area (Å²) in [4.78, 5) is 1.65. The summed E-state index contributed by atoms with van der Waals surface area (Å²) in [6.07, 6.45) is -9.45.